The van der Waals surface area contributed by atoms with Gasteiger partial charge in [0.1, 0.15) is 29.7 Å². The third-order valence-electron chi connectivity index (χ3n) is 8.13. The summed E-state index contributed by atoms with van der Waals surface area (Å²) in [7, 11) is 0. The highest BCUT2D eigenvalue weighted by Crippen LogP contribution is 2.35. The zero-order valence-corrected chi connectivity index (χ0v) is 24.1. The van der Waals surface area contributed by atoms with E-state index in [9.17, 15) is 14.9 Å². The summed E-state index contributed by atoms with van der Waals surface area (Å²) >= 11 is 0. The van der Waals surface area contributed by atoms with Gasteiger partial charge in [-0.15, -0.1) is 0 Å². The number of rotatable bonds is 7. The third-order valence-corrected chi connectivity index (χ3v) is 8.13. The predicted molar refractivity (Wildman–Crippen MR) is 165 cm³/mol. The second-order valence-electron chi connectivity index (χ2n) is 11.0. The van der Waals surface area contributed by atoms with E-state index in [1.165, 1.54) is 4.90 Å². The lowest BCUT2D eigenvalue weighted by atomic mass is 9.88. The molecule has 1 aromatic heterocycles. The molecular formula is C36H32N4O3. The van der Waals surface area contributed by atoms with E-state index >= 15 is 0 Å². The van der Waals surface area contributed by atoms with Crippen LogP contribution in [0, 0.1) is 11.3 Å². The Balaban J connectivity index is 1.43. The van der Waals surface area contributed by atoms with E-state index in [4.69, 9.17) is 9.84 Å². The van der Waals surface area contributed by atoms with Crippen molar-refractivity contribution in [2.45, 2.75) is 51.7 Å². The number of benzene rings is 3. The Morgan fingerprint density at radius 2 is 1.65 bits per heavy atom. The fraction of sp³-hybridized carbons (Fsp3) is 0.222. The lowest BCUT2D eigenvalue weighted by Crippen LogP contribution is -2.49. The molecule has 2 amide bonds. The molecule has 214 valence electrons. The molecule has 0 saturated heterocycles. The average molecular weight is 569 g/mol. The normalized spacial score (nSPS) is 16.9. The van der Waals surface area contributed by atoms with Crippen molar-refractivity contribution in [2.75, 3.05) is 0 Å². The number of para-hydroxylation sites is 1. The van der Waals surface area contributed by atoms with Crippen LogP contribution in [0.3, 0.4) is 0 Å². The molecule has 0 unspecified atom stereocenters. The van der Waals surface area contributed by atoms with E-state index in [2.05, 4.69) is 6.07 Å². The molecule has 1 aliphatic heterocycles. The summed E-state index contributed by atoms with van der Waals surface area (Å²) in [6.07, 6.45) is 8.18. The lowest BCUT2D eigenvalue weighted by molar-refractivity contribution is -0.143. The first kappa shape index (κ1) is 27.9. The van der Waals surface area contributed by atoms with E-state index in [0.29, 0.717) is 34.8 Å². The standard InChI is InChI=1S/C36H32N4O3/c1-25-32(35(41)40(36(42)33(25)22-37)30-17-9-4-10-18-30)21-28-23-39(29-15-7-3-8-16-29)38-34(28)27-14-11-19-31(20-27)43-24-26-12-5-2-6-13-26/h2-3,5-8,11-16,19-21,23,30H,4,9-10,17-18,24H2,1H3/b32-21+. The number of amides is 2. The molecule has 4 aromatic rings. The van der Waals surface area contributed by atoms with Crippen molar-refractivity contribution in [1.82, 2.24) is 14.7 Å². The van der Waals surface area contributed by atoms with Crippen LogP contribution in [0.15, 0.2) is 108 Å². The molecule has 1 fully saturated rings. The zero-order valence-electron chi connectivity index (χ0n) is 24.1. The molecule has 0 atom stereocenters. The summed E-state index contributed by atoms with van der Waals surface area (Å²) in [6.45, 7) is 2.11. The van der Waals surface area contributed by atoms with Gasteiger partial charge in [-0.1, -0.05) is 79.9 Å². The highest BCUT2D eigenvalue weighted by Gasteiger charge is 2.40. The summed E-state index contributed by atoms with van der Waals surface area (Å²) in [6, 6.07) is 29.3. The molecule has 0 bridgehead atoms. The number of hydrogen-bond acceptors (Lipinski definition) is 5. The lowest BCUT2D eigenvalue weighted by Gasteiger charge is -2.36. The van der Waals surface area contributed by atoms with Gasteiger partial charge in [0.2, 0.25) is 0 Å². The van der Waals surface area contributed by atoms with E-state index in [1.54, 1.807) is 17.7 Å². The van der Waals surface area contributed by atoms with Crippen LogP contribution in [-0.4, -0.2) is 32.5 Å². The van der Waals surface area contributed by atoms with Crippen molar-refractivity contribution in [3.8, 4) is 28.8 Å². The number of carbonyl (C=O) groups excluding carboxylic acids is 2. The third kappa shape index (κ3) is 5.77. The summed E-state index contributed by atoms with van der Waals surface area (Å²) in [5, 5.41) is 14.9. The molecule has 7 heteroatoms. The van der Waals surface area contributed by atoms with Gasteiger partial charge in [-0.05, 0) is 61.2 Å². The smallest absolute Gasteiger partial charge is 0.271 e. The first-order valence-corrected chi connectivity index (χ1v) is 14.7. The Morgan fingerprint density at radius 3 is 2.37 bits per heavy atom. The molecule has 3 aromatic carbocycles. The minimum absolute atomic E-state index is 0.0183. The fourth-order valence-electron chi connectivity index (χ4n) is 5.83. The van der Waals surface area contributed by atoms with Crippen LogP contribution >= 0.6 is 0 Å². The number of hydrogen-bond donors (Lipinski definition) is 0. The van der Waals surface area contributed by atoms with Gasteiger partial charge in [-0.25, -0.2) is 4.68 Å². The Labute approximate surface area is 251 Å². The van der Waals surface area contributed by atoms with Crippen molar-refractivity contribution in [3.63, 3.8) is 0 Å². The van der Waals surface area contributed by atoms with Crippen LogP contribution in [-0.2, 0) is 16.2 Å². The topological polar surface area (TPSA) is 88.2 Å². The molecule has 43 heavy (non-hydrogen) atoms. The molecule has 2 aliphatic rings. The molecule has 0 spiro atoms. The molecule has 0 radical (unpaired) electrons. The minimum atomic E-state index is -0.488. The van der Waals surface area contributed by atoms with Crippen LogP contribution in [0.5, 0.6) is 5.75 Å². The summed E-state index contributed by atoms with van der Waals surface area (Å²) in [5.74, 6) is -0.149. The van der Waals surface area contributed by atoms with E-state index in [0.717, 1.165) is 48.9 Å². The van der Waals surface area contributed by atoms with Gasteiger partial charge < -0.3 is 4.74 Å². The van der Waals surface area contributed by atoms with E-state index in [1.807, 2.05) is 91.1 Å². The second-order valence-corrected chi connectivity index (χ2v) is 11.0. The number of nitrogens with zero attached hydrogens (tertiary/aromatic N) is 4. The monoisotopic (exact) mass is 568 g/mol. The number of imide groups is 1. The first-order chi connectivity index (χ1) is 21.0. The van der Waals surface area contributed by atoms with Crippen LogP contribution in [0.1, 0.15) is 50.2 Å². The van der Waals surface area contributed by atoms with Crippen LogP contribution in [0.4, 0.5) is 0 Å². The SMILES string of the molecule is CC1=C(C#N)C(=O)N(C2CCCCC2)C(=O)/C1=C/c1cn(-c2ccccc2)nc1-c1cccc(OCc2ccccc2)c1. The molecule has 1 saturated carbocycles. The quantitative estimate of drug-likeness (QED) is 0.176. The van der Waals surface area contributed by atoms with Crippen molar-refractivity contribution >= 4 is 17.9 Å². The summed E-state index contributed by atoms with van der Waals surface area (Å²) in [5.41, 5.74) is 4.85. The molecular weight excluding hydrogens is 536 g/mol. The molecule has 6 rings (SSSR count). The Bertz CT molecular complexity index is 1760. The maximum Gasteiger partial charge on any atom is 0.271 e. The van der Waals surface area contributed by atoms with Gasteiger partial charge >= 0.3 is 0 Å². The van der Waals surface area contributed by atoms with Gasteiger partial charge in [0.15, 0.2) is 0 Å². The van der Waals surface area contributed by atoms with Gasteiger partial charge in [-0.2, -0.15) is 10.4 Å². The van der Waals surface area contributed by atoms with Crippen molar-refractivity contribution < 1.29 is 14.3 Å². The van der Waals surface area contributed by atoms with E-state index in [-0.39, 0.29) is 17.5 Å². The summed E-state index contributed by atoms with van der Waals surface area (Å²) < 4.78 is 7.88. The Morgan fingerprint density at radius 1 is 0.930 bits per heavy atom. The van der Waals surface area contributed by atoms with Gasteiger partial charge in [0, 0.05) is 28.9 Å². The van der Waals surface area contributed by atoms with Crippen LogP contribution < -0.4 is 4.74 Å². The Hall–Kier alpha value is -5.22. The number of ether oxygens (including phenoxy) is 1. The highest BCUT2D eigenvalue weighted by molar-refractivity contribution is 6.20. The molecule has 1 aliphatic carbocycles. The van der Waals surface area contributed by atoms with Gasteiger partial charge in [0.05, 0.1) is 5.69 Å². The molecule has 2 heterocycles. The Kier molecular flexibility index (Phi) is 8.01. The largest absolute Gasteiger partial charge is 0.489 e. The number of aromatic nitrogens is 2. The average Bonchev–Trinajstić information content (AvgIpc) is 3.48. The number of carbonyl (C=O) groups is 2. The van der Waals surface area contributed by atoms with Crippen LogP contribution in [0.25, 0.3) is 23.0 Å². The fourth-order valence-corrected chi connectivity index (χ4v) is 5.83. The van der Waals surface area contributed by atoms with Crippen molar-refractivity contribution in [3.05, 3.63) is 119 Å². The van der Waals surface area contributed by atoms with Gasteiger partial charge in [-0.3, -0.25) is 14.5 Å². The maximum absolute atomic E-state index is 14.0. The predicted octanol–water partition coefficient (Wildman–Crippen LogP) is 7.04. The van der Waals surface area contributed by atoms with Gasteiger partial charge in [0.25, 0.3) is 11.8 Å². The first-order valence-electron chi connectivity index (χ1n) is 14.7. The second kappa shape index (κ2) is 12.3. The van der Waals surface area contributed by atoms with Crippen molar-refractivity contribution in [1.29, 1.82) is 5.26 Å². The highest BCUT2D eigenvalue weighted by atomic mass is 16.5. The van der Waals surface area contributed by atoms with E-state index < -0.39 is 5.91 Å². The zero-order chi connectivity index (χ0) is 29.8. The number of nitriles is 1. The summed E-state index contributed by atoms with van der Waals surface area (Å²) in [4.78, 5) is 28.6. The minimum Gasteiger partial charge on any atom is -0.489 e. The van der Waals surface area contributed by atoms with Crippen LogP contribution in [0.2, 0.25) is 0 Å². The molecule has 7 nitrogen and oxygen atoms in total. The maximum atomic E-state index is 14.0. The van der Waals surface area contributed by atoms with Crippen molar-refractivity contribution in [2.24, 2.45) is 0 Å². The molecule has 0 N–H and O–H groups in total.